The van der Waals surface area contributed by atoms with E-state index in [0.717, 1.165) is 11.1 Å². The number of piperidine rings is 1. The minimum Gasteiger partial charge on any atom is -0.494 e. The molecular weight excluding hydrogens is 918 g/mol. The van der Waals surface area contributed by atoms with Gasteiger partial charge in [-0.15, -0.1) is 11.5 Å². The fourth-order valence-electron chi connectivity index (χ4n) is 8.39. The van der Waals surface area contributed by atoms with E-state index in [1.807, 2.05) is 30.3 Å². The number of alkyl halides is 3. The maximum absolute atomic E-state index is 13.8. The Balaban J connectivity index is 1.01. The number of Topliss-reactive ketones (excluding diaryl/α,β-unsaturated/α-hetero) is 1. The van der Waals surface area contributed by atoms with Crippen LogP contribution in [0.2, 0.25) is 0 Å². The van der Waals surface area contributed by atoms with Crippen LogP contribution in [0.1, 0.15) is 71.5 Å². The van der Waals surface area contributed by atoms with Crippen LogP contribution in [0.4, 0.5) is 13.2 Å². The number of fused-ring (bicyclic) bond motifs is 1. The number of benzene rings is 1. The van der Waals surface area contributed by atoms with E-state index in [1.54, 1.807) is 0 Å². The number of ether oxygens (including phenoxy) is 5. The molecule has 1 aromatic carbocycles. The molecule has 19 nitrogen and oxygen atoms in total. The van der Waals surface area contributed by atoms with Crippen molar-refractivity contribution >= 4 is 40.0 Å². The van der Waals surface area contributed by atoms with Crippen LogP contribution in [-0.2, 0) is 28.5 Å². The zero-order chi connectivity index (χ0) is 49.9. The fourth-order valence-corrected chi connectivity index (χ4v) is 8.39. The summed E-state index contributed by atoms with van der Waals surface area (Å²) >= 11 is 0. The van der Waals surface area contributed by atoms with Gasteiger partial charge in [0, 0.05) is 51.0 Å². The van der Waals surface area contributed by atoms with Gasteiger partial charge in [0.1, 0.15) is 18.7 Å². The molecule has 0 atom stereocenters. The molecule has 4 heterocycles. The molecule has 1 saturated carbocycles. The number of nitriles is 1. The third-order valence-electron chi connectivity index (χ3n) is 11.9. The molecule has 374 valence electrons. The van der Waals surface area contributed by atoms with E-state index in [4.69, 9.17) is 30.1 Å². The summed E-state index contributed by atoms with van der Waals surface area (Å²) in [6.45, 7) is 4.68. The summed E-state index contributed by atoms with van der Waals surface area (Å²) in [5, 5.41) is 19.5. The van der Waals surface area contributed by atoms with Crippen molar-refractivity contribution in [3.8, 4) is 30.0 Å². The van der Waals surface area contributed by atoms with Crippen LogP contribution < -0.4 is 15.4 Å². The Bertz CT molecular complexity index is 2500. The number of carbonyl (C=O) groups excluding carboxylic acids is 4. The molecule has 3 aromatic heterocycles. The van der Waals surface area contributed by atoms with Gasteiger partial charge in [0.15, 0.2) is 5.82 Å². The van der Waals surface area contributed by atoms with E-state index in [1.165, 1.54) is 35.4 Å². The molecule has 3 N–H and O–H groups in total. The number of likely N-dealkylation sites (tertiary alicyclic amines) is 1. The van der Waals surface area contributed by atoms with Gasteiger partial charge in [-0.2, -0.15) is 23.1 Å². The number of rotatable bonds is 25. The standard InChI is InChI=1S/C48H57F3N10O9/c1-3-21-67-23-25-69-27-28-70-26-24-68-22-20-59(36-12-10-35(11-13-36)57-47(65)48(49,50)51)17-7-16-53-45(63)43-56-32-61(58-43)44-41-40(39(66-2)31-55-44)38(30-54-41)42(62)46(64)60-18-14-34(15-19-60)37(29-52)33-8-5-4-6-9-33/h1,4-6,8-9,30-32,35-36,54H,7,10-28H2,2H3,(H,53,63)(H,57,65). The SMILES string of the molecule is C#CCOCCOCCOCCOCCN(CCCNC(=O)c1ncn(-c2ncc(OC)c3c(C(=O)C(=O)N4CCC(=C(C#N)c5ccccc5)CC4)c[nH]c23)n1)C1CCC(NC(=O)C(F)(F)F)CC1. The van der Waals surface area contributed by atoms with Crippen molar-refractivity contribution in [2.75, 3.05) is 92.7 Å². The summed E-state index contributed by atoms with van der Waals surface area (Å²) in [5.74, 6) is -1.30. The molecule has 1 aliphatic carbocycles. The molecule has 0 radical (unpaired) electrons. The number of nitrogens with one attached hydrogen (secondary N) is 3. The molecule has 6 rings (SSSR count). The van der Waals surface area contributed by atoms with Crippen molar-refractivity contribution in [2.45, 2.75) is 63.2 Å². The van der Waals surface area contributed by atoms with Gasteiger partial charge in [0.25, 0.3) is 17.6 Å². The third-order valence-corrected chi connectivity index (χ3v) is 11.9. The largest absolute Gasteiger partial charge is 0.494 e. The number of carbonyl (C=O) groups is 4. The first-order chi connectivity index (χ1) is 33.9. The first-order valence-electron chi connectivity index (χ1n) is 23.0. The molecule has 1 saturated heterocycles. The highest BCUT2D eigenvalue weighted by Gasteiger charge is 2.40. The summed E-state index contributed by atoms with van der Waals surface area (Å²) in [6.07, 6.45) is 7.57. The van der Waals surface area contributed by atoms with Gasteiger partial charge < -0.3 is 44.2 Å². The number of aromatic amines is 1. The van der Waals surface area contributed by atoms with Crippen molar-refractivity contribution in [3.63, 3.8) is 0 Å². The van der Waals surface area contributed by atoms with Crippen molar-refractivity contribution in [3.05, 3.63) is 71.6 Å². The number of ketones is 1. The number of halogens is 3. The van der Waals surface area contributed by atoms with Crippen LogP contribution in [0.5, 0.6) is 5.75 Å². The van der Waals surface area contributed by atoms with Crippen molar-refractivity contribution < 1.29 is 56.0 Å². The molecule has 2 aliphatic rings. The summed E-state index contributed by atoms with van der Waals surface area (Å²) in [4.78, 5) is 67.6. The highest BCUT2D eigenvalue weighted by atomic mass is 19.4. The number of allylic oxidation sites excluding steroid dienone is 1. The van der Waals surface area contributed by atoms with Crippen LogP contribution in [0.25, 0.3) is 22.3 Å². The number of methoxy groups -OCH3 is 1. The van der Waals surface area contributed by atoms with E-state index < -0.39 is 35.7 Å². The van der Waals surface area contributed by atoms with Gasteiger partial charge in [-0.05, 0) is 56.1 Å². The summed E-state index contributed by atoms with van der Waals surface area (Å²) in [5.41, 5.74) is 2.69. The Morgan fingerprint density at radius 2 is 1.60 bits per heavy atom. The van der Waals surface area contributed by atoms with Crippen molar-refractivity contribution in [2.24, 2.45) is 0 Å². The summed E-state index contributed by atoms with van der Waals surface area (Å²) < 4.78 is 67.4. The quantitative estimate of drug-likeness (QED) is 0.0280. The lowest BCUT2D eigenvalue weighted by Crippen LogP contribution is -2.48. The van der Waals surface area contributed by atoms with Gasteiger partial charge >= 0.3 is 12.1 Å². The molecule has 70 heavy (non-hydrogen) atoms. The second-order valence-electron chi connectivity index (χ2n) is 16.4. The predicted molar refractivity (Wildman–Crippen MR) is 248 cm³/mol. The highest BCUT2D eigenvalue weighted by Crippen LogP contribution is 2.33. The second-order valence-corrected chi connectivity index (χ2v) is 16.4. The molecule has 2 fully saturated rings. The summed E-state index contributed by atoms with van der Waals surface area (Å²) in [7, 11) is 1.41. The molecule has 0 spiro atoms. The molecule has 4 aromatic rings. The first-order valence-corrected chi connectivity index (χ1v) is 23.0. The average Bonchev–Trinajstić information content (AvgIpc) is 4.05. The number of H-pyrrole nitrogens is 1. The van der Waals surface area contributed by atoms with E-state index in [0.29, 0.717) is 121 Å². The number of hydrogen-bond donors (Lipinski definition) is 3. The number of aromatic nitrogens is 5. The van der Waals surface area contributed by atoms with E-state index >= 15 is 0 Å². The average molecular weight is 975 g/mol. The van der Waals surface area contributed by atoms with Crippen LogP contribution in [0, 0.1) is 23.7 Å². The Morgan fingerprint density at radius 3 is 2.24 bits per heavy atom. The van der Waals surface area contributed by atoms with Crippen LogP contribution >= 0.6 is 0 Å². The maximum Gasteiger partial charge on any atom is 0.471 e. The van der Waals surface area contributed by atoms with Crippen molar-refractivity contribution in [1.82, 2.24) is 45.2 Å². The molecular formula is C48H57F3N10O9. The van der Waals surface area contributed by atoms with Crippen molar-refractivity contribution in [1.29, 1.82) is 5.26 Å². The molecule has 22 heteroatoms. The molecule has 0 unspecified atom stereocenters. The van der Waals surface area contributed by atoms with E-state index in [9.17, 15) is 37.6 Å². The Labute approximate surface area is 403 Å². The molecule has 1 aliphatic heterocycles. The number of pyridine rings is 1. The summed E-state index contributed by atoms with van der Waals surface area (Å²) in [6, 6.07) is 11.1. The van der Waals surface area contributed by atoms with Gasteiger partial charge in [0.2, 0.25) is 5.82 Å². The van der Waals surface area contributed by atoms with Gasteiger partial charge in [0.05, 0.1) is 87.7 Å². The highest BCUT2D eigenvalue weighted by molar-refractivity contribution is 6.45. The number of amides is 3. The zero-order valence-corrected chi connectivity index (χ0v) is 38.9. The second kappa shape index (κ2) is 26.3. The number of nitrogens with zero attached hydrogens (tertiary/aromatic N) is 7. The van der Waals surface area contributed by atoms with Gasteiger partial charge in [-0.25, -0.2) is 9.97 Å². The van der Waals surface area contributed by atoms with E-state index in [2.05, 4.69) is 47.6 Å². The molecule has 0 bridgehead atoms. The Morgan fingerprint density at radius 1 is 0.929 bits per heavy atom. The number of terminal acetylenes is 1. The van der Waals surface area contributed by atoms with Crippen LogP contribution in [-0.4, -0.2) is 169 Å². The fraction of sp³-hybridized carbons (Fsp3) is 0.500. The minimum absolute atomic E-state index is 0.0173. The van der Waals surface area contributed by atoms with Gasteiger partial charge in [-0.1, -0.05) is 36.3 Å². The smallest absolute Gasteiger partial charge is 0.471 e. The molecule has 3 amide bonds. The maximum atomic E-state index is 13.8. The van der Waals surface area contributed by atoms with Crippen LogP contribution in [0.3, 0.4) is 0 Å². The third kappa shape index (κ3) is 14.4. The lowest BCUT2D eigenvalue weighted by molar-refractivity contribution is -0.174. The predicted octanol–water partition coefficient (Wildman–Crippen LogP) is 4.05. The van der Waals surface area contributed by atoms with E-state index in [-0.39, 0.29) is 55.2 Å². The Hall–Kier alpha value is -6.69. The minimum atomic E-state index is -4.95. The number of hydrogen-bond acceptors (Lipinski definition) is 14. The monoisotopic (exact) mass is 974 g/mol. The first kappa shape index (κ1) is 52.7. The topological polar surface area (TPSA) is 228 Å². The zero-order valence-electron chi connectivity index (χ0n) is 38.9. The Kier molecular flexibility index (Phi) is 19.8. The van der Waals surface area contributed by atoms with Gasteiger partial charge in [-0.3, -0.25) is 24.1 Å². The van der Waals surface area contributed by atoms with Crippen LogP contribution in [0.15, 0.2) is 54.6 Å². The normalized spacial score (nSPS) is 16.2. The lowest BCUT2D eigenvalue weighted by atomic mass is 9.90. The lowest BCUT2D eigenvalue weighted by Gasteiger charge is -2.37.